The van der Waals surface area contributed by atoms with Gasteiger partial charge < -0.3 is 14.4 Å². The van der Waals surface area contributed by atoms with Crippen LogP contribution >= 0.6 is 0 Å². The average molecular weight is 425 g/mol. The number of hydrogen-bond donors (Lipinski definition) is 0. The summed E-state index contributed by atoms with van der Waals surface area (Å²) in [7, 11) is 1.70. The van der Waals surface area contributed by atoms with Gasteiger partial charge in [-0.3, -0.25) is 9.69 Å². The first-order chi connectivity index (χ1) is 15.0. The first-order valence-corrected chi connectivity index (χ1v) is 12.0. The van der Waals surface area contributed by atoms with Gasteiger partial charge in [-0.05, 0) is 68.7 Å². The molecule has 0 amide bonds. The highest BCUT2D eigenvalue weighted by molar-refractivity contribution is 5.76. The maximum atomic E-state index is 12.9. The van der Waals surface area contributed by atoms with Gasteiger partial charge in [-0.15, -0.1) is 0 Å². The predicted octanol–water partition coefficient (Wildman–Crippen LogP) is 4.28. The lowest BCUT2D eigenvalue weighted by Gasteiger charge is -2.46. The van der Waals surface area contributed by atoms with Crippen LogP contribution in [0.15, 0.2) is 35.4 Å². The molecule has 2 heterocycles. The molecule has 2 aliphatic heterocycles. The number of fused-ring (bicyclic) bond motifs is 2. The van der Waals surface area contributed by atoms with Crippen LogP contribution in [0.25, 0.3) is 0 Å². The fourth-order valence-electron chi connectivity index (χ4n) is 6.58. The maximum Gasteiger partial charge on any atom is 0.310 e. The Morgan fingerprint density at radius 3 is 2.61 bits per heavy atom. The Labute approximate surface area is 186 Å². The average Bonchev–Trinajstić information content (AvgIpc) is 3.06. The second-order valence-corrected chi connectivity index (χ2v) is 10.3. The molecule has 0 N–H and O–H groups in total. The molecule has 1 aromatic carbocycles. The number of rotatable bonds is 4. The number of benzene rings is 1. The zero-order valence-corrected chi connectivity index (χ0v) is 19.2. The van der Waals surface area contributed by atoms with E-state index >= 15 is 0 Å². The second kappa shape index (κ2) is 8.16. The number of carbonyl (C=O) groups excluding carboxylic acids is 1. The summed E-state index contributed by atoms with van der Waals surface area (Å²) in [5.74, 6) is 1.34. The van der Waals surface area contributed by atoms with E-state index in [1.54, 1.807) is 18.3 Å². The quantitative estimate of drug-likeness (QED) is 0.533. The smallest absolute Gasteiger partial charge is 0.310 e. The minimum absolute atomic E-state index is 0.0318. The van der Waals surface area contributed by atoms with E-state index in [0.29, 0.717) is 5.92 Å². The zero-order chi connectivity index (χ0) is 21.6. The van der Waals surface area contributed by atoms with E-state index in [2.05, 4.69) is 35.8 Å². The van der Waals surface area contributed by atoms with E-state index < -0.39 is 0 Å². The van der Waals surface area contributed by atoms with Crippen LogP contribution in [0.3, 0.4) is 0 Å². The molecule has 4 atom stereocenters. The Morgan fingerprint density at radius 2 is 1.90 bits per heavy atom. The molecule has 0 unspecified atom stereocenters. The number of methoxy groups -OCH3 is 1. The normalized spacial score (nSPS) is 33.7. The molecule has 0 aromatic heterocycles. The lowest BCUT2D eigenvalue weighted by Crippen LogP contribution is -2.49. The number of hydrogen-bond acceptors (Lipinski definition) is 5. The summed E-state index contributed by atoms with van der Waals surface area (Å²) in [6.45, 7) is 9.53. The predicted molar refractivity (Wildman–Crippen MR) is 122 cm³/mol. The van der Waals surface area contributed by atoms with Crippen molar-refractivity contribution < 1.29 is 14.3 Å². The van der Waals surface area contributed by atoms with Gasteiger partial charge in [0, 0.05) is 44.3 Å². The van der Waals surface area contributed by atoms with Crippen molar-refractivity contribution in [2.75, 3.05) is 44.7 Å². The highest BCUT2D eigenvalue weighted by Gasteiger charge is 2.53. The summed E-state index contributed by atoms with van der Waals surface area (Å²) in [6, 6.07) is 8.31. The Morgan fingerprint density at radius 1 is 1.16 bits per heavy atom. The van der Waals surface area contributed by atoms with E-state index in [9.17, 15) is 4.79 Å². The lowest BCUT2D eigenvalue weighted by molar-refractivity contribution is -0.145. The third-order valence-electron chi connectivity index (χ3n) is 8.44. The lowest BCUT2D eigenvalue weighted by atomic mass is 9.59. The van der Waals surface area contributed by atoms with Gasteiger partial charge in [0.15, 0.2) is 0 Å². The zero-order valence-electron chi connectivity index (χ0n) is 19.2. The van der Waals surface area contributed by atoms with Gasteiger partial charge in [-0.1, -0.05) is 18.1 Å². The van der Waals surface area contributed by atoms with Gasteiger partial charge in [0.1, 0.15) is 11.9 Å². The topological polar surface area (TPSA) is 42.0 Å². The van der Waals surface area contributed by atoms with Crippen LogP contribution in [0, 0.1) is 17.3 Å². The summed E-state index contributed by atoms with van der Waals surface area (Å²) >= 11 is 0. The molecule has 1 saturated carbocycles. The molecule has 3 fully saturated rings. The minimum atomic E-state index is 0.0318. The largest absolute Gasteiger partial charge is 0.497 e. The van der Waals surface area contributed by atoms with Crippen LogP contribution in [0.5, 0.6) is 5.75 Å². The fourth-order valence-corrected chi connectivity index (χ4v) is 6.58. The molecule has 0 radical (unpaired) electrons. The van der Waals surface area contributed by atoms with Crippen molar-refractivity contribution in [3.8, 4) is 5.75 Å². The monoisotopic (exact) mass is 424 g/mol. The van der Waals surface area contributed by atoms with Crippen LogP contribution in [0.4, 0.5) is 5.69 Å². The molecule has 5 rings (SSSR count). The van der Waals surface area contributed by atoms with Gasteiger partial charge in [0.25, 0.3) is 0 Å². The Hall–Kier alpha value is -2.01. The number of piperazine rings is 1. The number of ether oxygens (including phenoxy) is 2. The number of allylic oxidation sites excluding steroid dienone is 2. The van der Waals surface area contributed by atoms with Gasteiger partial charge in [0.05, 0.1) is 13.0 Å². The Balaban J connectivity index is 1.22. The third kappa shape index (κ3) is 3.86. The van der Waals surface area contributed by atoms with Crippen LogP contribution < -0.4 is 9.64 Å². The van der Waals surface area contributed by atoms with Crippen molar-refractivity contribution in [3.05, 3.63) is 35.4 Å². The number of carbonyl (C=O) groups is 1. The number of anilines is 1. The second-order valence-electron chi connectivity index (χ2n) is 10.3. The van der Waals surface area contributed by atoms with Crippen molar-refractivity contribution in [3.63, 3.8) is 0 Å². The van der Waals surface area contributed by atoms with Gasteiger partial charge in [0.2, 0.25) is 0 Å². The van der Waals surface area contributed by atoms with Gasteiger partial charge in [-0.2, -0.15) is 0 Å². The Kier molecular flexibility index (Phi) is 5.49. The SMILES string of the molecule is COc1ccc(N2CCN(C[C@H]3C(=O)O[C@@H]4C[C@@]5(C)CCCC(C)=C5C[C@H]43)CC2)cc1. The molecule has 168 valence electrons. The molecule has 31 heavy (non-hydrogen) atoms. The maximum absolute atomic E-state index is 12.9. The molecule has 0 bridgehead atoms. The summed E-state index contributed by atoms with van der Waals surface area (Å²) < 4.78 is 11.2. The summed E-state index contributed by atoms with van der Waals surface area (Å²) in [5, 5.41) is 0. The molecule has 2 aliphatic carbocycles. The van der Waals surface area contributed by atoms with Crippen LogP contribution in [0.1, 0.15) is 46.0 Å². The standard InChI is InChI=1S/C26H36N2O3/c1-18-5-4-10-26(2)16-24-21(15-23(18)26)22(25(29)31-24)17-27-11-13-28(14-12-27)19-6-8-20(30-3)9-7-19/h6-9,21-22,24H,4-5,10-17H2,1-3H3/t21-,22+,24+,26+/m0/s1. The summed E-state index contributed by atoms with van der Waals surface area (Å²) in [6.07, 6.45) is 5.97. The number of esters is 1. The first-order valence-electron chi connectivity index (χ1n) is 12.0. The number of nitrogens with zero attached hydrogens (tertiary/aromatic N) is 2. The summed E-state index contributed by atoms with van der Waals surface area (Å²) in [4.78, 5) is 17.8. The van der Waals surface area contributed by atoms with Crippen LogP contribution in [-0.4, -0.2) is 56.8 Å². The van der Waals surface area contributed by atoms with E-state index in [4.69, 9.17) is 9.47 Å². The minimum Gasteiger partial charge on any atom is -0.497 e. The fraction of sp³-hybridized carbons (Fsp3) is 0.654. The van der Waals surface area contributed by atoms with Crippen molar-refractivity contribution in [1.29, 1.82) is 0 Å². The highest BCUT2D eigenvalue weighted by Crippen LogP contribution is 2.55. The molecule has 5 heteroatoms. The Bertz CT molecular complexity index is 856. The van der Waals surface area contributed by atoms with Crippen molar-refractivity contribution in [2.24, 2.45) is 17.3 Å². The first kappa shape index (κ1) is 20.9. The molecule has 4 aliphatic rings. The molecule has 0 spiro atoms. The van der Waals surface area contributed by atoms with Gasteiger partial charge in [-0.25, -0.2) is 0 Å². The molecule has 5 nitrogen and oxygen atoms in total. The van der Waals surface area contributed by atoms with Crippen molar-refractivity contribution in [1.82, 2.24) is 4.90 Å². The van der Waals surface area contributed by atoms with E-state index in [1.165, 1.54) is 24.9 Å². The molecule has 1 aromatic rings. The van der Waals surface area contributed by atoms with E-state index in [1.807, 2.05) is 12.1 Å². The highest BCUT2D eigenvalue weighted by atomic mass is 16.6. The van der Waals surface area contributed by atoms with E-state index in [0.717, 1.165) is 51.3 Å². The third-order valence-corrected chi connectivity index (χ3v) is 8.44. The van der Waals surface area contributed by atoms with Crippen molar-refractivity contribution in [2.45, 2.75) is 52.1 Å². The van der Waals surface area contributed by atoms with Crippen molar-refractivity contribution >= 4 is 11.7 Å². The van der Waals surface area contributed by atoms with Crippen LogP contribution in [0.2, 0.25) is 0 Å². The summed E-state index contributed by atoms with van der Waals surface area (Å²) in [5.41, 5.74) is 4.72. The van der Waals surface area contributed by atoms with Gasteiger partial charge >= 0.3 is 5.97 Å². The molecule has 2 saturated heterocycles. The van der Waals surface area contributed by atoms with Crippen LogP contribution in [-0.2, 0) is 9.53 Å². The van der Waals surface area contributed by atoms with E-state index in [-0.39, 0.29) is 23.4 Å². The molecular formula is C26H36N2O3. The molecular weight excluding hydrogens is 388 g/mol.